The van der Waals surface area contributed by atoms with Crippen molar-refractivity contribution in [3.05, 3.63) is 0 Å². The lowest BCUT2D eigenvalue weighted by molar-refractivity contribution is -0.206. The molecule has 0 saturated carbocycles. The molecule has 1 heterocycles. The number of carbonyl (C=O) groups is 1. The Bertz CT molecular complexity index is 189. The summed E-state index contributed by atoms with van der Waals surface area (Å²) < 4.78 is 39.9. The summed E-state index contributed by atoms with van der Waals surface area (Å²) >= 11 is 0. The first-order valence-corrected chi connectivity index (χ1v) is 3.32. The Morgan fingerprint density at radius 1 is 1.50 bits per heavy atom. The van der Waals surface area contributed by atoms with E-state index in [2.05, 4.69) is 4.74 Å². The molecule has 1 saturated heterocycles. The van der Waals surface area contributed by atoms with Gasteiger partial charge in [-0.2, -0.15) is 13.2 Å². The molecule has 2 atom stereocenters. The molecule has 1 aliphatic heterocycles. The molecule has 0 aliphatic carbocycles. The Morgan fingerprint density at radius 3 is 2.33 bits per heavy atom. The van der Waals surface area contributed by atoms with Crippen LogP contribution in [0.15, 0.2) is 0 Å². The van der Waals surface area contributed by atoms with E-state index in [1.165, 1.54) is 0 Å². The average Bonchev–Trinajstić information content (AvgIpc) is 2.30. The van der Waals surface area contributed by atoms with Crippen LogP contribution in [0, 0.1) is 5.92 Å². The van der Waals surface area contributed by atoms with E-state index >= 15 is 0 Å². The zero-order valence-electron chi connectivity index (χ0n) is 5.97. The number of hydrogen-bond donors (Lipinski definition) is 1. The second-order valence-corrected chi connectivity index (χ2v) is 2.63. The van der Waals surface area contributed by atoms with Crippen LogP contribution in [0.2, 0.25) is 0 Å². The first kappa shape index (κ1) is 9.31. The molecule has 0 bridgehead atoms. The van der Waals surface area contributed by atoms with E-state index in [1.54, 1.807) is 0 Å². The van der Waals surface area contributed by atoms with Crippen LogP contribution in [0.1, 0.15) is 6.42 Å². The maximum Gasteiger partial charge on any atom is 0.414 e. The van der Waals surface area contributed by atoms with E-state index in [0.29, 0.717) is 0 Å². The summed E-state index contributed by atoms with van der Waals surface area (Å²) in [4.78, 5) is 10.2. The van der Waals surface area contributed by atoms with Gasteiger partial charge in [0.2, 0.25) is 0 Å². The van der Waals surface area contributed by atoms with Crippen LogP contribution in [-0.2, 0) is 9.53 Å². The third-order valence-corrected chi connectivity index (χ3v) is 1.71. The highest BCUT2D eigenvalue weighted by molar-refractivity contribution is 5.70. The van der Waals surface area contributed by atoms with Crippen LogP contribution in [0.4, 0.5) is 13.2 Å². The van der Waals surface area contributed by atoms with E-state index in [1.807, 2.05) is 0 Å². The Kier molecular flexibility index (Phi) is 2.27. The predicted octanol–water partition coefficient (Wildman–Crippen LogP) is 1.04. The van der Waals surface area contributed by atoms with Crippen molar-refractivity contribution in [2.75, 3.05) is 6.61 Å². The van der Waals surface area contributed by atoms with Gasteiger partial charge < -0.3 is 9.84 Å². The van der Waals surface area contributed by atoms with Crippen molar-refractivity contribution in [1.29, 1.82) is 0 Å². The van der Waals surface area contributed by atoms with Gasteiger partial charge in [0.15, 0.2) is 6.10 Å². The van der Waals surface area contributed by atoms with Crippen molar-refractivity contribution in [1.82, 2.24) is 0 Å². The monoisotopic (exact) mass is 184 g/mol. The first-order valence-electron chi connectivity index (χ1n) is 3.32. The van der Waals surface area contributed by atoms with E-state index < -0.39 is 30.6 Å². The van der Waals surface area contributed by atoms with Crippen LogP contribution in [0.25, 0.3) is 0 Å². The maximum atomic E-state index is 11.9. The van der Waals surface area contributed by atoms with Crippen molar-refractivity contribution in [2.45, 2.75) is 18.7 Å². The summed E-state index contributed by atoms with van der Waals surface area (Å²) in [5.41, 5.74) is 0. The summed E-state index contributed by atoms with van der Waals surface area (Å²) in [6.07, 6.45) is -6.82. The van der Waals surface area contributed by atoms with Crippen molar-refractivity contribution in [3.8, 4) is 0 Å². The Morgan fingerprint density at radius 2 is 2.08 bits per heavy atom. The number of alkyl halides is 3. The second-order valence-electron chi connectivity index (χ2n) is 2.63. The number of carboxylic acid groups (broad SMARTS) is 1. The van der Waals surface area contributed by atoms with Crippen molar-refractivity contribution in [3.63, 3.8) is 0 Å². The summed E-state index contributed by atoms with van der Waals surface area (Å²) in [5, 5.41) is 8.35. The van der Waals surface area contributed by atoms with Crippen LogP contribution in [-0.4, -0.2) is 30.0 Å². The van der Waals surface area contributed by atoms with E-state index in [9.17, 15) is 18.0 Å². The van der Waals surface area contributed by atoms with Crippen molar-refractivity contribution in [2.24, 2.45) is 5.92 Å². The van der Waals surface area contributed by atoms with Gasteiger partial charge in [0.25, 0.3) is 0 Å². The zero-order valence-corrected chi connectivity index (χ0v) is 5.97. The highest BCUT2D eigenvalue weighted by Crippen LogP contribution is 2.32. The van der Waals surface area contributed by atoms with Crippen LogP contribution >= 0.6 is 0 Å². The van der Waals surface area contributed by atoms with E-state index in [4.69, 9.17) is 5.11 Å². The van der Waals surface area contributed by atoms with Gasteiger partial charge in [-0.15, -0.1) is 0 Å². The normalized spacial score (nSPS) is 30.6. The van der Waals surface area contributed by atoms with Crippen LogP contribution in [0.5, 0.6) is 0 Å². The van der Waals surface area contributed by atoms with Crippen LogP contribution < -0.4 is 0 Å². The largest absolute Gasteiger partial charge is 0.481 e. The number of ether oxygens (including phenoxy) is 1. The van der Waals surface area contributed by atoms with Gasteiger partial charge in [0.05, 0.1) is 12.5 Å². The topological polar surface area (TPSA) is 46.5 Å². The number of halogens is 3. The molecule has 1 rings (SSSR count). The molecule has 1 N–H and O–H groups in total. The second kappa shape index (κ2) is 2.93. The molecular formula is C6H7F3O3. The molecule has 0 spiro atoms. The molecule has 3 nitrogen and oxygen atoms in total. The number of carboxylic acids is 1. The molecule has 0 radical (unpaired) electrons. The predicted molar refractivity (Wildman–Crippen MR) is 31.5 cm³/mol. The molecule has 70 valence electrons. The van der Waals surface area contributed by atoms with Crippen molar-refractivity contribution >= 4 is 5.97 Å². The Labute approximate surface area is 66.1 Å². The Balaban J connectivity index is 2.51. The molecule has 1 aliphatic rings. The fraction of sp³-hybridized carbons (Fsp3) is 0.833. The third-order valence-electron chi connectivity index (χ3n) is 1.71. The van der Waals surface area contributed by atoms with E-state index in [-0.39, 0.29) is 6.61 Å². The SMILES string of the molecule is O=C(O)[C@H]1CO[C@@H](C(F)(F)F)C1. The van der Waals surface area contributed by atoms with Gasteiger partial charge in [-0.3, -0.25) is 4.79 Å². The molecule has 0 unspecified atom stereocenters. The fourth-order valence-electron chi connectivity index (χ4n) is 1.03. The molecule has 6 heteroatoms. The highest BCUT2D eigenvalue weighted by atomic mass is 19.4. The molecule has 0 aromatic carbocycles. The quantitative estimate of drug-likeness (QED) is 0.662. The minimum absolute atomic E-state index is 0.348. The maximum absolute atomic E-state index is 11.9. The lowest BCUT2D eigenvalue weighted by Crippen LogP contribution is -2.28. The Hall–Kier alpha value is -0.780. The smallest absolute Gasteiger partial charge is 0.414 e. The summed E-state index contributed by atoms with van der Waals surface area (Å²) in [6.45, 7) is -0.348. The van der Waals surface area contributed by atoms with E-state index in [0.717, 1.165) is 0 Å². The fourth-order valence-corrected chi connectivity index (χ4v) is 1.03. The van der Waals surface area contributed by atoms with Crippen LogP contribution in [0.3, 0.4) is 0 Å². The highest BCUT2D eigenvalue weighted by Gasteiger charge is 2.47. The number of rotatable bonds is 1. The van der Waals surface area contributed by atoms with Gasteiger partial charge in [-0.25, -0.2) is 0 Å². The molecule has 0 aromatic heterocycles. The van der Waals surface area contributed by atoms with Gasteiger partial charge >= 0.3 is 12.1 Å². The summed E-state index contributed by atoms with van der Waals surface area (Å²) in [7, 11) is 0. The third kappa shape index (κ3) is 1.88. The molecule has 1 fully saturated rings. The number of aliphatic carboxylic acids is 1. The standard InChI is InChI=1S/C6H7F3O3/c7-6(8,9)4-1-3(2-12-4)5(10)11/h3-4H,1-2H2,(H,10,11)/t3-,4-/m1/s1. The lowest BCUT2D eigenvalue weighted by atomic mass is 10.1. The first-order chi connectivity index (χ1) is 5.41. The minimum Gasteiger partial charge on any atom is -0.481 e. The van der Waals surface area contributed by atoms with Gasteiger partial charge in [-0.05, 0) is 6.42 Å². The summed E-state index contributed by atoms with van der Waals surface area (Å²) in [5.74, 6) is -2.25. The summed E-state index contributed by atoms with van der Waals surface area (Å²) in [6, 6.07) is 0. The van der Waals surface area contributed by atoms with Gasteiger partial charge in [-0.1, -0.05) is 0 Å². The molecule has 0 amide bonds. The van der Waals surface area contributed by atoms with Gasteiger partial charge in [0, 0.05) is 0 Å². The van der Waals surface area contributed by atoms with Gasteiger partial charge in [0.1, 0.15) is 0 Å². The van der Waals surface area contributed by atoms with Crippen molar-refractivity contribution < 1.29 is 27.8 Å². The molecular weight excluding hydrogens is 177 g/mol. The molecule has 12 heavy (non-hydrogen) atoms. The lowest BCUT2D eigenvalue weighted by Gasteiger charge is -2.12. The zero-order chi connectivity index (χ0) is 9.35. The number of hydrogen-bond acceptors (Lipinski definition) is 2. The minimum atomic E-state index is -4.44. The molecule has 0 aromatic rings. The average molecular weight is 184 g/mol.